The van der Waals surface area contributed by atoms with Crippen molar-refractivity contribution < 1.29 is 9.59 Å². The Morgan fingerprint density at radius 1 is 0.578 bits per heavy atom. The number of aromatic nitrogens is 5. The number of carbonyl (C=O) groups is 2. The molecule has 0 atom stereocenters. The molecule has 0 radical (unpaired) electrons. The first-order valence-electron chi connectivity index (χ1n) is 14.8. The van der Waals surface area contributed by atoms with Crippen molar-refractivity contribution in [1.29, 1.82) is 0 Å². The summed E-state index contributed by atoms with van der Waals surface area (Å²) in [5.74, 6) is 0.120. The molecule has 0 aliphatic carbocycles. The minimum atomic E-state index is -0.211. The van der Waals surface area contributed by atoms with E-state index in [0.717, 1.165) is 81.4 Å². The normalized spacial score (nSPS) is 14.7. The Morgan fingerprint density at radius 3 is 1.51 bits per heavy atom. The van der Waals surface area contributed by atoms with Gasteiger partial charge in [-0.2, -0.15) is 0 Å². The van der Waals surface area contributed by atoms with E-state index in [1.54, 1.807) is 12.1 Å². The first-order valence-corrected chi connectivity index (χ1v) is 14.8. The molecule has 0 saturated heterocycles. The van der Waals surface area contributed by atoms with E-state index in [1.165, 1.54) is 0 Å². The molecule has 9 rings (SSSR count). The second kappa shape index (κ2) is 9.71. The van der Waals surface area contributed by atoms with E-state index in [1.807, 2.05) is 83.1 Å². The molecule has 2 aliphatic rings. The van der Waals surface area contributed by atoms with E-state index in [2.05, 4.69) is 24.9 Å². The average molecular weight is 592 g/mol. The lowest BCUT2D eigenvalue weighted by atomic mass is 10.0. The van der Waals surface area contributed by atoms with Crippen molar-refractivity contribution in [3.8, 4) is 0 Å². The molecular weight excluding hydrogens is 566 g/mol. The van der Waals surface area contributed by atoms with Crippen LogP contribution in [0.25, 0.3) is 43.9 Å². The summed E-state index contributed by atoms with van der Waals surface area (Å²) in [6.45, 7) is 3.03. The van der Waals surface area contributed by atoms with Crippen LogP contribution in [0.15, 0.2) is 82.8 Å². The van der Waals surface area contributed by atoms with Gasteiger partial charge >= 0.3 is 0 Å². The zero-order chi connectivity index (χ0) is 30.1. The Hall–Kier alpha value is -6.10. The fourth-order valence-corrected chi connectivity index (χ4v) is 6.29. The highest BCUT2D eigenvalue weighted by atomic mass is 16.1. The number of nitrogens with zero attached hydrogens (tertiary/aromatic N) is 6. The van der Waals surface area contributed by atoms with Gasteiger partial charge in [-0.3, -0.25) is 19.6 Å². The summed E-state index contributed by atoms with van der Waals surface area (Å²) in [5.41, 5.74) is 7.61. The molecule has 45 heavy (non-hydrogen) atoms. The summed E-state index contributed by atoms with van der Waals surface area (Å²) in [6, 6.07) is 22.8. The van der Waals surface area contributed by atoms with Crippen LogP contribution in [0.1, 0.15) is 32.4 Å². The molecule has 0 unspecified atom stereocenters. The topological polar surface area (TPSA) is 138 Å². The highest BCUT2D eigenvalue weighted by Gasteiger charge is 2.22. The summed E-state index contributed by atoms with van der Waals surface area (Å²) in [7, 11) is 0. The van der Waals surface area contributed by atoms with E-state index < -0.39 is 0 Å². The van der Waals surface area contributed by atoms with Crippen LogP contribution in [0, 0.1) is 0 Å². The zero-order valence-corrected chi connectivity index (χ0v) is 23.9. The number of rotatable bonds is 6. The average Bonchev–Trinajstić information content (AvgIpc) is 3.92. The third kappa shape index (κ3) is 4.04. The van der Waals surface area contributed by atoms with E-state index in [9.17, 15) is 9.59 Å². The van der Waals surface area contributed by atoms with Crippen LogP contribution in [-0.4, -0.2) is 75.3 Å². The van der Waals surface area contributed by atoms with Crippen molar-refractivity contribution in [2.45, 2.75) is 0 Å². The highest BCUT2D eigenvalue weighted by Crippen LogP contribution is 2.31. The second-order valence-electron chi connectivity index (χ2n) is 11.3. The Morgan fingerprint density at radius 2 is 1.07 bits per heavy atom. The van der Waals surface area contributed by atoms with Gasteiger partial charge in [0.25, 0.3) is 0 Å². The minimum absolute atomic E-state index is 0.211. The number of benzene rings is 4. The van der Waals surface area contributed by atoms with Crippen LogP contribution in [-0.2, 0) is 0 Å². The highest BCUT2D eigenvalue weighted by molar-refractivity contribution is 6.17. The zero-order valence-electron chi connectivity index (χ0n) is 23.9. The van der Waals surface area contributed by atoms with Crippen molar-refractivity contribution in [3.05, 3.63) is 95.6 Å². The Bertz CT molecular complexity index is 2240. The Labute approximate surface area is 255 Å². The number of anilines is 2. The fraction of sp³-hybridized carbons (Fsp3) is 0.118. The lowest BCUT2D eigenvalue weighted by Crippen LogP contribution is -2.18. The molecule has 11 nitrogen and oxygen atoms in total. The summed E-state index contributed by atoms with van der Waals surface area (Å²) >= 11 is 0. The molecule has 0 fully saturated rings. The predicted molar refractivity (Wildman–Crippen MR) is 176 cm³/mol. The number of hydrogen-bond acceptors (Lipinski definition) is 8. The van der Waals surface area contributed by atoms with Crippen LogP contribution in [0.4, 0.5) is 11.4 Å². The molecule has 3 aromatic heterocycles. The van der Waals surface area contributed by atoms with Crippen LogP contribution < -0.4 is 9.80 Å². The van der Waals surface area contributed by atoms with Gasteiger partial charge in [-0.05, 0) is 60.7 Å². The van der Waals surface area contributed by atoms with Crippen LogP contribution in [0.3, 0.4) is 0 Å². The van der Waals surface area contributed by atoms with Crippen LogP contribution in [0.5, 0.6) is 0 Å². The number of aromatic amines is 3. The lowest BCUT2D eigenvalue weighted by molar-refractivity contribution is 0.102. The third-order valence-corrected chi connectivity index (χ3v) is 8.54. The minimum Gasteiger partial charge on any atom is -0.355 e. The van der Waals surface area contributed by atoms with Crippen molar-refractivity contribution in [1.82, 2.24) is 24.9 Å². The van der Waals surface area contributed by atoms with Crippen LogP contribution >= 0.6 is 0 Å². The smallest absolute Gasteiger partial charge is 0.228 e. The molecular formula is C34H25N9O2. The third-order valence-electron chi connectivity index (χ3n) is 8.54. The van der Waals surface area contributed by atoms with Crippen molar-refractivity contribution >= 4 is 79.5 Å². The van der Waals surface area contributed by atoms with Gasteiger partial charge in [-0.15, -0.1) is 0 Å². The van der Waals surface area contributed by atoms with Gasteiger partial charge in [0.15, 0.2) is 11.6 Å². The molecule has 11 heteroatoms. The maximum Gasteiger partial charge on any atom is 0.228 e. The molecule has 0 saturated carbocycles. The fourth-order valence-electron chi connectivity index (χ4n) is 6.29. The van der Waals surface area contributed by atoms with Gasteiger partial charge in [-0.1, -0.05) is 12.1 Å². The number of ketones is 2. The molecule has 5 heterocycles. The number of hydrogen-bond donors (Lipinski definition) is 3. The number of imidazole rings is 2. The molecule has 218 valence electrons. The quantitative estimate of drug-likeness (QED) is 0.226. The molecule has 7 aromatic rings. The molecule has 4 aromatic carbocycles. The largest absolute Gasteiger partial charge is 0.355 e. The van der Waals surface area contributed by atoms with E-state index in [4.69, 9.17) is 9.97 Å². The number of H-pyrrole nitrogens is 3. The summed E-state index contributed by atoms with van der Waals surface area (Å²) in [4.78, 5) is 59.3. The lowest BCUT2D eigenvalue weighted by Gasteiger charge is -2.13. The van der Waals surface area contributed by atoms with E-state index >= 15 is 0 Å². The van der Waals surface area contributed by atoms with Crippen molar-refractivity contribution in [2.24, 2.45) is 9.98 Å². The Kier molecular flexibility index (Phi) is 5.48. The van der Waals surface area contributed by atoms with Gasteiger partial charge in [0.1, 0.15) is 11.0 Å². The van der Waals surface area contributed by atoms with E-state index in [0.29, 0.717) is 11.1 Å². The standard InChI is InChI=1S/C34H25N9O2/c44-31(33-38-25-3-1-5-27(29(25)40-33)42-13-11-35-17-42)19-7-9-23-21(15-19)22-16-20(8-10-24(22)37-23)32(45)34-39-26-4-2-6-28(30(26)41-34)43-14-12-36-18-43/h1-10,15-18,37H,11-14H2,(H,38,40)(H,39,41). The maximum absolute atomic E-state index is 13.7. The van der Waals surface area contributed by atoms with Gasteiger partial charge in [0, 0.05) is 46.0 Å². The summed E-state index contributed by atoms with van der Waals surface area (Å²) in [5, 5.41) is 1.69. The monoisotopic (exact) mass is 591 g/mol. The number of fused-ring (bicyclic) bond motifs is 5. The SMILES string of the molecule is O=C(c1ccc2[nH]c3ccc(C(=O)c4nc5c(N6C=NCC6)cccc5[nH]4)cc3c2c1)c1nc2c(N3C=NCC3)cccc2[nH]1. The van der Waals surface area contributed by atoms with Gasteiger partial charge in [-0.25, -0.2) is 9.97 Å². The summed E-state index contributed by atoms with van der Waals surface area (Å²) < 4.78 is 0. The number of nitrogens with one attached hydrogen (secondary N) is 3. The van der Waals surface area contributed by atoms with Gasteiger partial charge in [0.2, 0.25) is 11.6 Å². The molecule has 0 spiro atoms. The molecule has 0 bridgehead atoms. The van der Waals surface area contributed by atoms with Gasteiger partial charge in [0.05, 0.1) is 48.2 Å². The molecule has 3 N–H and O–H groups in total. The second-order valence-corrected chi connectivity index (χ2v) is 11.3. The van der Waals surface area contributed by atoms with Crippen LogP contribution in [0.2, 0.25) is 0 Å². The molecule has 2 aliphatic heterocycles. The summed E-state index contributed by atoms with van der Waals surface area (Å²) in [6.07, 6.45) is 3.62. The van der Waals surface area contributed by atoms with Crippen molar-refractivity contribution in [3.63, 3.8) is 0 Å². The van der Waals surface area contributed by atoms with E-state index in [-0.39, 0.29) is 23.2 Å². The first-order chi connectivity index (χ1) is 22.1. The predicted octanol–water partition coefficient (Wildman–Crippen LogP) is 5.23. The molecule has 0 amide bonds. The number of aliphatic imine (C=N–C) groups is 2. The first kappa shape index (κ1) is 25.4. The number of para-hydroxylation sites is 2. The van der Waals surface area contributed by atoms with Crippen molar-refractivity contribution in [2.75, 3.05) is 36.0 Å². The maximum atomic E-state index is 13.7. The number of carbonyl (C=O) groups excluding carboxylic acids is 2. The van der Waals surface area contributed by atoms with Gasteiger partial charge < -0.3 is 24.8 Å². The Balaban J connectivity index is 1.07.